The van der Waals surface area contributed by atoms with Crippen LogP contribution in [-0.4, -0.2) is 6.04 Å². The SMILES string of the molecule is CCCCC(C)NCc1ccco1. The van der Waals surface area contributed by atoms with Gasteiger partial charge in [-0.3, -0.25) is 0 Å². The Morgan fingerprint density at radius 2 is 2.38 bits per heavy atom. The van der Waals surface area contributed by atoms with E-state index >= 15 is 0 Å². The molecule has 2 nitrogen and oxygen atoms in total. The number of nitrogens with one attached hydrogen (secondary N) is 1. The fourth-order valence-corrected chi connectivity index (χ4v) is 1.30. The van der Waals surface area contributed by atoms with Crippen LogP contribution in [0.5, 0.6) is 0 Å². The van der Waals surface area contributed by atoms with Gasteiger partial charge in [0, 0.05) is 6.04 Å². The zero-order valence-corrected chi connectivity index (χ0v) is 8.55. The Kier molecular flexibility index (Phi) is 4.61. The van der Waals surface area contributed by atoms with Crippen LogP contribution in [0.1, 0.15) is 38.9 Å². The van der Waals surface area contributed by atoms with Crippen molar-refractivity contribution < 1.29 is 4.42 Å². The van der Waals surface area contributed by atoms with E-state index in [2.05, 4.69) is 19.2 Å². The first-order chi connectivity index (χ1) is 6.33. The van der Waals surface area contributed by atoms with Gasteiger partial charge in [0.2, 0.25) is 0 Å². The van der Waals surface area contributed by atoms with E-state index in [9.17, 15) is 0 Å². The highest BCUT2D eigenvalue weighted by Gasteiger charge is 2.01. The Bertz CT molecular complexity index is 206. The minimum atomic E-state index is 0.588. The van der Waals surface area contributed by atoms with Crippen molar-refractivity contribution in [3.8, 4) is 0 Å². The first kappa shape index (κ1) is 10.3. The van der Waals surface area contributed by atoms with Crippen molar-refractivity contribution in [2.24, 2.45) is 0 Å². The van der Waals surface area contributed by atoms with Gasteiger partial charge in [0.1, 0.15) is 5.76 Å². The molecule has 74 valence electrons. The number of furan rings is 1. The molecule has 1 atom stereocenters. The quantitative estimate of drug-likeness (QED) is 0.730. The van der Waals surface area contributed by atoms with Gasteiger partial charge in [-0.1, -0.05) is 19.8 Å². The summed E-state index contributed by atoms with van der Waals surface area (Å²) < 4.78 is 5.23. The second kappa shape index (κ2) is 5.81. The van der Waals surface area contributed by atoms with Gasteiger partial charge < -0.3 is 9.73 Å². The predicted octanol–water partition coefficient (Wildman–Crippen LogP) is 2.95. The monoisotopic (exact) mass is 181 g/mol. The van der Waals surface area contributed by atoms with E-state index in [4.69, 9.17) is 4.42 Å². The first-order valence-electron chi connectivity index (χ1n) is 5.08. The fourth-order valence-electron chi connectivity index (χ4n) is 1.30. The molecule has 0 fully saturated rings. The summed E-state index contributed by atoms with van der Waals surface area (Å²) in [5, 5.41) is 3.43. The summed E-state index contributed by atoms with van der Waals surface area (Å²) in [6, 6.07) is 4.51. The minimum Gasteiger partial charge on any atom is -0.468 e. The third-order valence-electron chi connectivity index (χ3n) is 2.20. The molecule has 1 rings (SSSR count). The average molecular weight is 181 g/mol. The molecule has 0 aliphatic carbocycles. The average Bonchev–Trinajstić information content (AvgIpc) is 2.64. The second-order valence-electron chi connectivity index (χ2n) is 3.50. The lowest BCUT2D eigenvalue weighted by atomic mass is 10.1. The summed E-state index contributed by atoms with van der Waals surface area (Å²) in [4.78, 5) is 0. The normalized spacial score (nSPS) is 13.1. The highest BCUT2D eigenvalue weighted by molar-refractivity contribution is 4.97. The molecule has 0 aliphatic rings. The minimum absolute atomic E-state index is 0.588. The van der Waals surface area contributed by atoms with Crippen molar-refractivity contribution in [3.63, 3.8) is 0 Å². The molecule has 0 bridgehead atoms. The van der Waals surface area contributed by atoms with Crippen molar-refractivity contribution in [1.29, 1.82) is 0 Å². The molecule has 2 heteroatoms. The maximum absolute atomic E-state index is 5.23. The Morgan fingerprint density at radius 1 is 1.54 bits per heavy atom. The predicted molar refractivity (Wildman–Crippen MR) is 54.5 cm³/mol. The largest absolute Gasteiger partial charge is 0.468 e. The smallest absolute Gasteiger partial charge is 0.117 e. The maximum atomic E-state index is 5.23. The first-order valence-corrected chi connectivity index (χ1v) is 5.08. The van der Waals surface area contributed by atoms with E-state index in [1.165, 1.54) is 19.3 Å². The van der Waals surface area contributed by atoms with Gasteiger partial charge in [0.05, 0.1) is 12.8 Å². The molecule has 0 amide bonds. The van der Waals surface area contributed by atoms with E-state index in [1.807, 2.05) is 12.1 Å². The lowest BCUT2D eigenvalue weighted by molar-refractivity contribution is 0.437. The molecular weight excluding hydrogens is 162 g/mol. The molecule has 13 heavy (non-hydrogen) atoms. The van der Waals surface area contributed by atoms with Crippen LogP contribution in [0.4, 0.5) is 0 Å². The topological polar surface area (TPSA) is 25.2 Å². The lowest BCUT2D eigenvalue weighted by Crippen LogP contribution is -2.24. The molecule has 1 N–H and O–H groups in total. The highest BCUT2D eigenvalue weighted by Crippen LogP contribution is 2.03. The van der Waals surface area contributed by atoms with Gasteiger partial charge in [-0.15, -0.1) is 0 Å². The molecule has 0 saturated carbocycles. The zero-order valence-electron chi connectivity index (χ0n) is 8.55. The summed E-state index contributed by atoms with van der Waals surface area (Å²) in [6.07, 6.45) is 5.53. The van der Waals surface area contributed by atoms with Crippen LogP contribution in [0, 0.1) is 0 Å². The van der Waals surface area contributed by atoms with Crippen LogP contribution in [0.3, 0.4) is 0 Å². The number of hydrogen-bond donors (Lipinski definition) is 1. The Hall–Kier alpha value is -0.760. The molecule has 0 spiro atoms. The molecule has 1 aromatic rings. The van der Waals surface area contributed by atoms with Gasteiger partial charge in [0.15, 0.2) is 0 Å². The molecule has 0 aromatic carbocycles. The Labute approximate surface area is 80.3 Å². The van der Waals surface area contributed by atoms with Crippen LogP contribution in [0.15, 0.2) is 22.8 Å². The molecule has 0 aliphatic heterocycles. The van der Waals surface area contributed by atoms with Crippen LogP contribution in [0.25, 0.3) is 0 Å². The number of unbranched alkanes of at least 4 members (excludes halogenated alkanes) is 1. The van der Waals surface area contributed by atoms with Gasteiger partial charge >= 0.3 is 0 Å². The second-order valence-corrected chi connectivity index (χ2v) is 3.50. The summed E-state index contributed by atoms with van der Waals surface area (Å²) in [5.41, 5.74) is 0. The van der Waals surface area contributed by atoms with Gasteiger partial charge in [-0.25, -0.2) is 0 Å². The fraction of sp³-hybridized carbons (Fsp3) is 0.636. The summed E-state index contributed by atoms with van der Waals surface area (Å²) >= 11 is 0. The number of hydrogen-bond acceptors (Lipinski definition) is 2. The van der Waals surface area contributed by atoms with Gasteiger partial charge in [0.25, 0.3) is 0 Å². The van der Waals surface area contributed by atoms with Crippen molar-refractivity contribution in [1.82, 2.24) is 5.32 Å². The standard InChI is InChI=1S/C11H19NO/c1-3-4-6-10(2)12-9-11-7-5-8-13-11/h5,7-8,10,12H,3-4,6,9H2,1-2H3. The zero-order chi connectivity index (χ0) is 9.52. The molecule has 0 radical (unpaired) electrons. The Morgan fingerprint density at radius 3 is 3.00 bits per heavy atom. The molecule has 1 aromatic heterocycles. The van der Waals surface area contributed by atoms with Crippen LogP contribution < -0.4 is 5.32 Å². The van der Waals surface area contributed by atoms with E-state index in [-0.39, 0.29) is 0 Å². The van der Waals surface area contributed by atoms with Crippen molar-refractivity contribution >= 4 is 0 Å². The molecule has 1 heterocycles. The van der Waals surface area contributed by atoms with Crippen molar-refractivity contribution in [2.45, 2.75) is 45.7 Å². The van der Waals surface area contributed by atoms with E-state index in [0.29, 0.717) is 6.04 Å². The summed E-state index contributed by atoms with van der Waals surface area (Å²) in [5.74, 6) is 1.02. The number of rotatable bonds is 6. The van der Waals surface area contributed by atoms with E-state index < -0.39 is 0 Å². The highest BCUT2D eigenvalue weighted by atomic mass is 16.3. The third kappa shape index (κ3) is 4.13. The third-order valence-corrected chi connectivity index (χ3v) is 2.20. The molecule has 1 unspecified atom stereocenters. The van der Waals surface area contributed by atoms with Crippen LogP contribution >= 0.6 is 0 Å². The molecule has 0 saturated heterocycles. The van der Waals surface area contributed by atoms with Crippen LogP contribution in [-0.2, 0) is 6.54 Å². The van der Waals surface area contributed by atoms with Crippen molar-refractivity contribution in [3.05, 3.63) is 24.2 Å². The van der Waals surface area contributed by atoms with E-state index in [0.717, 1.165) is 12.3 Å². The van der Waals surface area contributed by atoms with E-state index in [1.54, 1.807) is 6.26 Å². The molecular formula is C11H19NO. The summed E-state index contributed by atoms with van der Waals surface area (Å²) in [6.45, 7) is 5.29. The summed E-state index contributed by atoms with van der Waals surface area (Å²) in [7, 11) is 0. The lowest BCUT2D eigenvalue weighted by Gasteiger charge is -2.11. The Balaban J connectivity index is 2.11. The maximum Gasteiger partial charge on any atom is 0.117 e. The van der Waals surface area contributed by atoms with Crippen LogP contribution in [0.2, 0.25) is 0 Å². The van der Waals surface area contributed by atoms with Crippen molar-refractivity contribution in [2.75, 3.05) is 0 Å². The van der Waals surface area contributed by atoms with Gasteiger partial charge in [-0.2, -0.15) is 0 Å². The van der Waals surface area contributed by atoms with Gasteiger partial charge in [-0.05, 0) is 25.5 Å².